The molecule has 0 fully saturated rings. The average molecular weight is 565 g/mol. The topological polar surface area (TPSA) is 153 Å². The van der Waals surface area contributed by atoms with E-state index in [0.717, 1.165) is 20.7 Å². The minimum absolute atomic E-state index is 0.0844. The van der Waals surface area contributed by atoms with E-state index in [1.165, 1.54) is 39.2 Å². The van der Waals surface area contributed by atoms with Gasteiger partial charge in [0, 0.05) is 35.7 Å². The Morgan fingerprint density at radius 3 is 2.33 bits per heavy atom. The van der Waals surface area contributed by atoms with E-state index in [1.54, 1.807) is 6.92 Å². The maximum Gasteiger partial charge on any atom is 0.323 e. The molecule has 16 heteroatoms. The van der Waals surface area contributed by atoms with Crippen molar-refractivity contribution >= 4 is 47.1 Å². The van der Waals surface area contributed by atoms with E-state index in [2.05, 4.69) is 35.7 Å². The van der Waals surface area contributed by atoms with Crippen molar-refractivity contribution in [1.29, 1.82) is 0 Å². The van der Waals surface area contributed by atoms with Crippen molar-refractivity contribution in [3.05, 3.63) is 62.7 Å². The van der Waals surface area contributed by atoms with Crippen LogP contribution < -0.4 is 5.56 Å². The summed E-state index contributed by atoms with van der Waals surface area (Å²) < 4.78 is 70.9. The fraction of sp³-hybridized carbons (Fsp3) is 0.235. The van der Waals surface area contributed by atoms with Crippen LogP contribution >= 0.6 is 15.9 Å². The number of benzene rings is 1. The van der Waals surface area contributed by atoms with Crippen LogP contribution in [0, 0.1) is 19.7 Å². The highest BCUT2D eigenvalue weighted by Crippen LogP contribution is 2.33. The summed E-state index contributed by atoms with van der Waals surface area (Å²) in [6.45, 7) is 3.23. The van der Waals surface area contributed by atoms with Crippen LogP contribution in [0.3, 0.4) is 0 Å². The molecule has 1 aromatic carbocycles. The van der Waals surface area contributed by atoms with Crippen LogP contribution in [0.2, 0.25) is 0 Å². The quantitative estimate of drug-likeness (QED) is 0.392. The smallest absolute Gasteiger partial charge is 0.323 e. The highest BCUT2D eigenvalue weighted by molar-refractivity contribution is 9.10. The van der Waals surface area contributed by atoms with Crippen LogP contribution in [-0.4, -0.2) is 58.5 Å². The maximum atomic E-state index is 13.7. The molecule has 0 bridgehead atoms. The zero-order valence-corrected chi connectivity index (χ0v) is 20.9. The molecule has 0 aliphatic rings. The molecule has 0 amide bonds. The second-order valence-corrected chi connectivity index (χ2v) is 11.3. The number of aromatic nitrogens is 5. The van der Waals surface area contributed by atoms with Crippen molar-refractivity contribution < 1.29 is 25.7 Å². The van der Waals surface area contributed by atoms with Crippen LogP contribution in [0.25, 0.3) is 10.9 Å². The number of aryl methyl sites for hydroxylation is 1. The number of halogens is 2. The lowest BCUT2D eigenvalue weighted by molar-refractivity contribution is 0.392. The second kappa shape index (κ2) is 8.85. The summed E-state index contributed by atoms with van der Waals surface area (Å²) in [5, 5.41) is 5.48. The molecular weight excluding hydrogens is 547 g/mol. The van der Waals surface area contributed by atoms with Gasteiger partial charge in [-0.05, 0) is 48.0 Å². The number of rotatable bonds is 4. The molecule has 0 atom stereocenters. The molecule has 0 aliphatic carbocycles. The van der Waals surface area contributed by atoms with E-state index >= 15 is 0 Å². The normalized spacial score (nSPS) is 12.2. The summed E-state index contributed by atoms with van der Waals surface area (Å²) in [6.07, 6.45) is 0.791. The standard InChI is InChI=1S/C13H13BrFN5O4S2.C4H5NO2/c1-8-12(14)10-5-4-9(15)6-11(10)20(8)25(21,22)13-16-7-19(17-13)26(23,24)18(2)3;1-3-2-4(6)5-7-3/h4-7H,1-3H3;2H,1H3,(H,5,6). The summed E-state index contributed by atoms with van der Waals surface area (Å²) in [5.74, 6) is -0.00220. The van der Waals surface area contributed by atoms with Gasteiger partial charge < -0.3 is 4.52 Å². The van der Waals surface area contributed by atoms with Crippen LogP contribution in [0.5, 0.6) is 0 Å². The van der Waals surface area contributed by atoms with Gasteiger partial charge in [0.1, 0.15) is 17.9 Å². The molecule has 3 heterocycles. The summed E-state index contributed by atoms with van der Waals surface area (Å²) in [5.41, 5.74) is 0.177. The van der Waals surface area contributed by atoms with Gasteiger partial charge in [0.25, 0.3) is 10.7 Å². The number of fused-ring (bicyclic) bond motifs is 1. The van der Waals surface area contributed by atoms with Gasteiger partial charge in [-0.15, -0.1) is 9.19 Å². The average Bonchev–Trinajstić information content (AvgIpc) is 3.42. The first-order valence-corrected chi connectivity index (χ1v) is 12.6. The van der Waals surface area contributed by atoms with Crippen molar-refractivity contribution in [3.8, 4) is 0 Å². The van der Waals surface area contributed by atoms with Gasteiger partial charge in [0.15, 0.2) is 0 Å². The number of nitrogens with one attached hydrogen (secondary N) is 1. The van der Waals surface area contributed by atoms with Crippen LogP contribution in [0.4, 0.5) is 4.39 Å². The van der Waals surface area contributed by atoms with Crippen molar-refractivity contribution in [1.82, 2.24) is 27.6 Å². The molecule has 178 valence electrons. The molecular formula is C17H18BrFN6O6S2. The minimum atomic E-state index is -4.36. The summed E-state index contributed by atoms with van der Waals surface area (Å²) in [6, 6.07) is 5.11. The van der Waals surface area contributed by atoms with Gasteiger partial charge in [-0.3, -0.25) is 4.79 Å². The third kappa shape index (κ3) is 4.64. The Kier molecular flexibility index (Phi) is 6.65. The summed E-state index contributed by atoms with van der Waals surface area (Å²) in [7, 11) is -5.84. The van der Waals surface area contributed by atoms with Crippen LogP contribution in [0.1, 0.15) is 11.5 Å². The molecule has 0 radical (unpaired) electrons. The van der Waals surface area contributed by atoms with Gasteiger partial charge in [0.2, 0.25) is 0 Å². The predicted molar refractivity (Wildman–Crippen MR) is 119 cm³/mol. The second-order valence-electron chi connectivity index (χ2n) is 6.84. The van der Waals surface area contributed by atoms with Gasteiger partial charge >= 0.3 is 20.2 Å². The lowest BCUT2D eigenvalue weighted by atomic mass is 10.2. The zero-order chi connectivity index (χ0) is 24.7. The summed E-state index contributed by atoms with van der Waals surface area (Å²) in [4.78, 5) is 13.8. The third-order valence-corrected chi connectivity index (χ3v) is 8.48. The van der Waals surface area contributed by atoms with E-state index < -0.39 is 31.2 Å². The minimum Gasteiger partial charge on any atom is -0.384 e. The van der Waals surface area contributed by atoms with Crippen molar-refractivity contribution in [2.24, 2.45) is 0 Å². The third-order valence-electron chi connectivity index (χ3n) is 4.30. The largest absolute Gasteiger partial charge is 0.384 e. The Morgan fingerprint density at radius 1 is 1.15 bits per heavy atom. The fourth-order valence-corrected chi connectivity index (χ4v) is 5.48. The first-order chi connectivity index (χ1) is 15.3. The molecule has 3 aromatic heterocycles. The first-order valence-electron chi connectivity index (χ1n) is 8.98. The molecule has 0 saturated carbocycles. The molecule has 1 N–H and O–H groups in total. The zero-order valence-electron chi connectivity index (χ0n) is 17.6. The van der Waals surface area contributed by atoms with Crippen molar-refractivity contribution in [3.63, 3.8) is 0 Å². The lowest BCUT2D eigenvalue weighted by Gasteiger charge is -2.09. The molecule has 12 nitrogen and oxygen atoms in total. The number of aromatic amines is 1. The molecule has 4 aromatic rings. The monoisotopic (exact) mass is 564 g/mol. The van der Waals surface area contributed by atoms with Gasteiger partial charge in [-0.1, -0.05) is 0 Å². The number of hydrogen-bond acceptors (Lipinski definition) is 8. The van der Waals surface area contributed by atoms with Crippen LogP contribution in [-0.2, 0) is 20.2 Å². The fourth-order valence-electron chi connectivity index (χ4n) is 2.72. The number of nitrogens with zero attached hydrogens (tertiary/aromatic N) is 5. The van der Waals surface area contributed by atoms with Crippen LogP contribution in [0.15, 0.2) is 49.5 Å². The SMILES string of the molecule is Cc1c(Br)c2ccc(F)cc2n1S(=O)(=O)c1ncn(S(=O)(=O)N(C)C)n1.Cc1cc(=O)[nH]o1. The molecule has 4 rings (SSSR count). The molecule has 33 heavy (non-hydrogen) atoms. The first kappa shape index (κ1) is 24.8. The Hall–Kier alpha value is -2.82. The van der Waals surface area contributed by atoms with E-state index in [-0.39, 0.29) is 16.8 Å². The van der Waals surface area contributed by atoms with E-state index in [1.807, 2.05) is 0 Å². The van der Waals surface area contributed by atoms with E-state index in [9.17, 15) is 26.0 Å². The Labute approximate surface area is 196 Å². The van der Waals surface area contributed by atoms with Crippen molar-refractivity contribution in [2.45, 2.75) is 19.0 Å². The van der Waals surface area contributed by atoms with Crippen molar-refractivity contribution in [2.75, 3.05) is 14.1 Å². The van der Waals surface area contributed by atoms with E-state index in [4.69, 9.17) is 0 Å². The highest BCUT2D eigenvalue weighted by atomic mass is 79.9. The molecule has 0 aliphatic heterocycles. The molecule has 0 saturated heterocycles. The number of H-pyrrole nitrogens is 1. The molecule has 0 unspecified atom stereocenters. The maximum absolute atomic E-state index is 13.7. The Morgan fingerprint density at radius 2 is 1.82 bits per heavy atom. The molecule has 0 spiro atoms. The number of hydrogen-bond donors (Lipinski definition) is 1. The highest BCUT2D eigenvalue weighted by Gasteiger charge is 2.30. The van der Waals surface area contributed by atoms with Gasteiger partial charge in [-0.25, -0.2) is 13.3 Å². The Balaban J connectivity index is 0.000000374. The lowest BCUT2D eigenvalue weighted by Crippen LogP contribution is -2.29. The Bertz CT molecular complexity index is 1600. The van der Waals surface area contributed by atoms with Gasteiger partial charge in [-0.2, -0.15) is 26.3 Å². The van der Waals surface area contributed by atoms with Gasteiger partial charge in [0.05, 0.1) is 5.52 Å². The summed E-state index contributed by atoms with van der Waals surface area (Å²) >= 11 is 3.29. The van der Waals surface area contributed by atoms with E-state index in [0.29, 0.717) is 19.7 Å². The predicted octanol–water partition coefficient (Wildman–Crippen LogP) is 1.61.